The number of nitriles is 1. The van der Waals surface area contributed by atoms with Crippen molar-refractivity contribution in [3.8, 4) is 17.6 Å². The van der Waals surface area contributed by atoms with Crippen LogP contribution in [0.3, 0.4) is 0 Å². The van der Waals surface area contributed by atoms with Crippen molar-refractivity contribution in [3.05, 3.63) is 89.0 Å². The number of benzene rings is 3. The van der Waals surface area contributed by atoms with Crippen LogP contribution >= 0.6 is 0 Å². The third-order valence-electron chi connectivity index (χ3n) is 4.57. The van der Waals surface area contributed by atoms with Crippen LogP contribution in [0, 0.1) is 25.2 Å². The van der Waals surface area contributed by atoms with Crippen LogP contribution in [0.1, 0.15) is 29.2 Å². The summed E-state index contributed by atoms with van der Waals surface area (Å²) < 4.78 is 36.3. The molecule has 0 unspecified atom stereocenters. The van der Waals surface area contributed by atoms with E-state index >= 15 is 0 Å². The molecule has 0 saturated heterocycles. The first kappa shape index (κ1) is 22.1. The second-order valence-corrected chi connectivity index (χ2v) is 8.57. The lowest BCUT2D eigenvalue weighted by Gasteiger charge is -2.13. The molecule has 0 aliphatic carbocycles. The predicted octanol–water partition coefficient (Wildman–Crippen LogP) is 5.53. The molecule has 158 valence electrons. The lowest BCUT2D eigenvalue weighted by Crippen LogP contribution is -2.10. The van der Waals surface area contributed by atoms with E-state index in [9.17, 15) is 13.7 Å². The summed E-state index contributed by atoms with van der Waals surface area (Å²) in [6.07, 6.45) is 1.73. The van der Waals surface area contributed by atoms with Crippen molar-refractivity contribution in [2.45, 2.75) is 25.7 Å². The smallest absolute Gasteiger partial charge is 0.339 e. The van der Waals surface area contributed by atoms with Crippen LogP contribution in [0.4, 0.5) is 0 Å². The molecule has 3 aromatic rings. The minimum Gasteiger partial charge on any atom is -0.490 e. The molecular formula is C25H23NO4S. The van der Waals surface area contributed by atoms with Gasteiger partial charge in [-0.25, -0.2) is 0 Å². The molecule has 0 N–H and O–H groups in total. The molecule has 0 aliphatic rings. The number of nitrogens with zero attached hydrogens (tertiary/aromatic N) is 1. The third-order valence-corrected chi connectivity index (χ3v) is 5.82. The van der Waals surface area contributed by atoms with E-state index in [1.165, 1.54) is 18.2 Å². The molecule has 0 saturated carbocycles. The quantitative estimate of drug-likeness (QED) is 0.278. The fourth-order valence-electron chi connectivity index (χ4n) is 2.90. The molecule has 5 nitrogen and oxygen atoms in total. The molecule has 6 heteroatoms. The highest BCUT2D eigenvalue weighted by atomic mass is 32.2. The van der Waals surface area contributed by atoms with E-state index in [1.54, 1.807) is 37.3 Å². The van der Waals surface area contributed by atoms with E-state index in [1.807, 2.05) is 38.1 Å². The zero-order valence-corrected chi connectivity index (χ0v) is 18.4. The van der Waals surface area contributed by atoms with Gasteiger partial charge < -0.3 is 8.92 Å². The Labute approximate surface area is 183 Å². The van der Waals surface area contributed by atoms with Crippen molar-refractivity contribution in [1.82, 2.24) is 0 Å². The average Bonchev–Trinajstić information content (AvgIpc) is 2.75. The maximum Gasteiger partial charge on any atom is 0.339 e. The fourth-order valence-corrected chi connectivity index (χ4v) is 3.84. The highest BCUT2D eigenvalue weighted by Gasteiger charge is 2.19. The van der Waals surface area contributed by atoms with Crippen LogP contribution in [-0.4, -0.2) is 15.0 Å². The SMILES string of the molecule is CCOc1cc(/C=C(\C#N)c2ccc(C)cc2)ccc1OS(=O)(=O)c1ccc(C)cc1. The lowest BCUT2D eigenvalue weighted by molar-refractivity contribution is 0.327. The zero-order valence-electron chi connectivity index (χ0n) is 17.6. The molecule has 31 heavy (non-hydrogen) atoms. The molecule has 0 aliphatic heterocycles. The van der Waals surface area contributed by atoms with Crippen molar-refractivity contribution >= 4 is 21.8 Å². The van der Waals surface area contributed by atoms with Crippen molar-refractivity contribution in [2.24, 2.45) is 0 Å². The van der Waals surface area contributed by atoms with Crippen molar-refractivity contribution in [3.63, 3.8) is 0 Å². The Morgan fingerprint density at radius 2 is 1.55 bits per heavy atom. The van der Waals surface area contributed by atoms with Crippen molar-refractivity contribution in [2.75, 3.05) is 6.61 Å². The van der Waals surface area contributed by atoms with Crippen LogP contribution < -0.4 is 8.92 Å². The van der Waals surface area contributed by atoms with E-state index in [4.69, 9.17) is 8.92 Å². The number of hydrogen-bond acceptors (Lipinski definition) is 5. The Balaban J connectivity index is 1.94. The molecule has 3 rings (SSSR count). The Morgan fingerprint density at radius 1 is 0.935 bits per heavy atom. The first-order chi connectivity index (χ1) is 14.8. The van der Waals surface area contributed by atoms with E-state index in [-0.39, 0.29) is 16.4 Å². The van der Waals surface area contributed by atoms with Gasteiger partial charge in [-0.15, -0.1) is 0 Å². The number of rotatable bonds is 7. The van der Waals surface area contributed by atoms with Gasteiger partial charge in [0.15, 0.2) is 11.5 Å². The number of aryl methyl sites for hydroxylation is 2. The van der Waals surface area contributed by atoms with Gasteiger partial charge >= 0.3 is 10.1 Å². The van der Waals surface area contributed by atoms with Gasteiger partial charge in [-0.05, 0) is 62.2 Å². The largest absolute Gasteiger partial charge is 0.490 e. The minimum absolute atomic E-state index is 0.0654. The Morgan fingerprint density at radius 3 is 2.13 bits per heavy atom. The molecule has 0 spiro atoms. The predicted molar refractivity (Wildman–Crippen MR) is 121 cm³/mol. The summed E-state index contributed by atoms with van der Waals surface area (Å²) in [7, 11) is -4.01. The van der Waals surface area contributed by atoms with Crippen LogP contribution in [0.15, 0.2) is 71.6 Å². The van der Waals surface area contributed by atoms with Gasteiger partial charge in [0.1, 0.15) is 4.90 Å². The maximum absolute atomic E-state index is 12.7. The number of ether oxygens (including phenoxy) is 1. The summed E-state index contributed by atoms with van der Waals surface area (Å²) in [6, 6.07) is 21.2. The summed E-state index contributed by atoms with van der Waals surface area (Å²) in [4.78, 5) is 0.0654. The molecule has 0 bridgehead atoms. The van der Waals surface area contributed by atoms with Crippen LogP contribution in [0.25, 0.3) is 11.6 Å². The monoisotopic (exact) mass is 433 g/mol. The van der Waals surface area contributed by atoms with E-state index < -0.39 is 10.1 Å². The van der Waals surface area contributed by atoms with Crippen LogP contribution in [-0.2, 0) is 10.1 Å². The molecule has 0 atom stereocenters. The second-order valence-electron chi connectivity index (χ2n) is 7.03. The van der Waals surface area contributed by atoms with Gasteiger partial charge in [0, 0.05) is 0 Å². The number of allylic oxidation sites excluding steroid dienone is 1. The summed E-state index contributed by atoms with van der Waals surface area (Å²) in [6.45, 7) is 5.99. The normalized spacial score (nSPS) is 11.6. The van der Waals surface area contributed by atoms with E-state index in [0.717, 1.165) is 16.7 Å². The van der Waals surface area contributed by atoms with Crippen LogP contribution in [0.2, 0.25) is 0 Å². The topological polar surface area (TPSA) is 76.4 Å². The Kier molecular flexibility index (Phi) is 6.78. The Bertz CT molecular complexity index is 1240. The average molecular weight is 434 g/mol. The molecule has 0 radical (unpaired) electrons. The summed E-state index contributed by atoms with van der Waals surface area (Å²) in [5.41, 5.74) is 4.04. The van der Waals surface area contributed by atoms with E-state index in [0.29, 0.717) is 17.7 Å². The summed E-state index contributed by atoms with van der Waals surface area (Å²) in [5, 5.41) is 9.58. The molecule has 0 aromatic heterocycles. The van der Waals surface area contributed by atoms with Crippen LogP contribution in [0.5, 0.6) is 11.5 Å². The van der Waals surface area contributed by atoms with Gasteiger partial charge in [-0.3, -0.25) is 0 Å². The molecule has 3 aromatic carbocycles. The van der Waals surface area contributed by atoms with E-state index in [2.05, 4.69) is 6.07 Å². The van der Waals surface area contributed by atoms with Gasteiger partial charge in [-0.2, -0.15) is 13.7 Å². The standard InChI is InChI=1S/C25H23NO4S/c1-4-29-25-16-20(15-22(17-26)21-10-5-18(2)6-11-21)9-14-24(25)30-31(27,28)23-12-7-19(3)8-13-23/h5-16H,4H2,1-3H3/b22-15+. The fraction of sp³-hybridized carbons (Fsp3) is 0.160. The zero-order chi connectivity index (χ0) is 22.4. The number of hydrogen-bond donors (Lipinski definition) is 0. The first-order valence-corrected chi connectivity index (χ1v) is 11.2. The lowest BCUT2D eigenvalue weighted by atomic mass is 10.0. The van der Waals surface area contributed by atoms with Gasteiger partial charge in [0.25, 0.3) is 0 Å². The van der Waals surface area contributed by atoms with Crippen molar-refractivity contribution in [1.29, 1.82) is 5.26 Å². The summed E-state index contributed by atoms with van der Waals surface area (Å²) in [5.74, 6) is 0.376. The highest BCUT2D eigenvalue weighted by Crippen LogP contribution is 2.32. The molecular weight excluding hydrogens is 410 g/mol. The Hall–Kier alpha value is -3.56. The first-order valence-electron chi connectivity index (χ1n) is 9.79. The van der Waals surface area contributed by atoms with Crippen molar-refractivity contribution < 1.29 is 17.3 Å². The molecule has 0 fully saturated rings. The van der Waals surface area contributed by atoms with Gasteiger partial charge in [0.05, 0.1) is 18.2 Å². The summed E-state index contributed by atoms with van der Waals surface area (Å²) >= 11 is 0. The maximum atomic E-state index is 12.7. The third kappa shape index (κ3) is 5.53. The molecule has 0 heterocycles. The second kappa shape index (κ2) is 9.50. The minimum atomic E-state index is -4.01. The van der Waals surface area contributed by atoms with Gasteiger partial charge in [-0.1, -0.05) is 53.6 Å². The molecule has 0 amide bonds. The highest BCUT2D eigenvalue weighted by molar-refractivity contribution is 7.87. The van der Waals surface area contributed by atoms with Gasteiger partial charge in [0.2, 0.25) is 0 Å².